The van der Waals surface area contributed by atoms with Crippen LogP contribution in [0.3, 0.4) is 0 Å². The molecule has 1 aliphatic rings. The van der Waals surface area contributed by atoms with Crippen LogP contribution in [0.2, 0.25) is 5.02 Å². The average Bonchev–Trinajstić information content (AvgIpc) is 2.49. The predicted octanol–water partition coefficient (Wildman–Crippen LogP) is 4.94. The molecule has 0 unspecified atom stereocenters. The lowest BCUT2D eigenvalue weighted by atomic mass is 9.90. The molecule has 0 aliphatic heterocycles. The molecule has 0 atom stereocenters. The number of benzene rings is 1. The summed E-state index contributed by atoms with van der Waals surface area (Å²) in [5.41, 5.74) is 11.4. The molecule has 23 heavy (non-hydrogen) atoms. The fourth-order valence-electron chi connectivity index (χ4n) is 2.69. The fourth-order valence-corrected chi connectivity index (χ4v) is 3.09. The second-order valence-electron chi connectivity index (χ2n) is 5.76. The van der Waals surface area contributed by atoms with Gasteiger partial charge in [-0.1, -0.05) is 40.9 Å². The average molecular weight is 352 g/mol. The van der Waals surface area contributed by atoms with Gasteiger partial charge in [0.1, 0.15) is 0 Å². The zero-order valence-corrected chi connectivity index (χ0v) is 14.8. The van der Waals surface area contributed by atoms with Crippen LogP contribution in [0.25, 0.3) is 5.57 Å². The topological polar surface area (TPSA) is 63.3 Å². The van der Waals surface area contributed by atoms with E-state index in [4.69, 9.17) is 28.9 Å². The number of aliphatic carboxylic acids is 1. The van der Waals surface area contributed by atoms with Gasteiger partial charge >= 0.3 is 5.97 Å². The van der Waals surface area contributed by atoms with E-state index in [0.717, 1.165) is 32.9 Å². The van der Waals surface area contributed by atoms with E-state index in [1.165, 1.54) is 0 Å². The molecule has 0 radical (unpaired) electrons. The number of allylic oxidation sites excluding steroid dienone is 4. The van der Waals surface area contributed by atoms with E-state index >= 15 is 0 Å². The van der Waals surface area contributed by atoms with Gasteiger partial charge in [-0.25, -0.2) is 4.79 Å². The fraction of sp³-hybridized carbons (Fsp3) is 0.278. The Kier molecular flexibility index (Phi) is 5.23. The summed E-state index contributed by atoms with van der Waals surface area (Å²) in [5.74, 6) is -1.03. The number of carbonyl (C=O) groups is 1. The molecule has 1 aliphatic carbocycles. The maximum atomic E-state index is 11.3. The van der Waals surface area contributed by atoms with E-state index in [2.05, 4.69) is 0 Å². The summed E-state index contributed by atoms with van der Waals surface area (Å²) in [7, 11) is 0. The number of carboxylic acids is 1. The highest BCUT2D eigenvalue weighted by molar-refractivity contribution is 6.34. The number of halogens is 2. The maximum absolute atomic E-state index is 11.3. The third-order valence-corrected chi connectivity index (χ3v) is 5.18. The Bertz CT molecular complexity index is 773. The van der Waals surface area contributed by atoms with Crippen molar-refractivity contribution in [1.82, 2.24) is 0 Å². The minimum absolute atomic E-state index is 0.110. The van der Waals surface area contributed by atoms with E-state index in [0.29, 0.717) is 12.8 Å². The lowest BCUT2D eigenvalue weighted by Gasteiger charge is -2.18. The van der Waals surface area contributed by atoms with Gasteiger partial charge < -0.3 is 10.8 Å². The monoisotopic (exact) mass is 351 g/mol. The van der Waals surface area contributed by atoms with Crippen LogP contribution in [-0.4, -0.2) is 11.1 Å². The van der Waals surface area contributed by atoms with Gasteiger partial charge in [0.15, 0.2) is 0 Å². The quantitative estimate of drug-likeness (QED) is 0.792. The molecule has 5 heteroatoms. The van der Waals surface area contributed by atoms with Crippen LogP contribution in [0.15, 0.2) is 40.1 Å². The maximum Gasteiger partial charge on any atom is 0.333 e. The highest BCUT2D eigenvalue weighted by Crippen LogP contribution is 2.35. The van der Waals surface area contributed by atoms with E-state index in [1.54, 1.807) is 6.08 Å². The smallest absolute Gasteiger partial charge is 0.333 e. The molecule has 2 rings (SSSR count). The molecule has 122 valence electrons. The Hall–Kier alpha value is -1.71. The number of carboxylic acid groups (broad SMARTS) is 1. The first-order valence-corrected chi connectivity index (χ1v) is 8.05. The van der Waals surface area contributed by atoms with Crippen molar-refractivity contribution in [2.45, 2.75) is 33.6 Å². The molecule has 0 spiro atoms. The Balaban J connectivity index is 2.64. The van der Waals surface area contributed by atoms with Gasteiger partial charge in [0.2, 0.25) is 0 Å². The van der Waals surface area contributed by atoms with Gasteiger partial charge in [-0.3, -0.25) is 0 Å². The van der Waals surface area contributed by atoms with E-state index in [1.807, 2.05) is 32.9 Å². The molecule has 3 N–H and O–H groups in total. The number of nitrogens with two attached hydrogens (primary N) is 1. The standard InChI is InChI=1S/C18H19Cl2NO2/c1-9-4-7-13(18(22)23)17(20)15(21)8-14(9)12-6-5-10(2)16(19)11(12)3/h5-6,8H,4,7,21H2,1-3H3,(H,22,23). The highest BCUT2D eigenvalue weighted by atomic mass is 35.5. The molecule has 0 bridgehead atoms. The van der Waals surface area contributed by atoms with Crippen LogP contribution in [0.1, 0.15) is 36.5 Å². The minimum Gasteiger partial charge on any atom is -0.478 e. The molecule has 0 amide bonds. The first kappa shape index (κ1) is 17.6. The van der Waals surface area contributed by atoms with Crippen molar-refractivity contribution < 1.29 is 9.90 Å². The molecular weight excluding hydrogens is 333 g/mol. The summed E-state index contributed by atoms with van der Waals surface area (Å²) < 4.78 is 0. The lowest BCUT2D eigenvalue weighted by molar-refractivity contribution is -0.132. The van der Waals surface area contributed by atoms with Gasteiger partial charge in [0, 0.05) is 5.02 Å². The van der Waals surface area contributed by atoms with Gasteiger partial charge in [0.25, 0.3) is 0 Å². The van der Waals surface area contributed by atoms with Crippen molar-refractivity contribution in [2.24, 2.45) is 5.73 Å². The molecule has 0 saturated heterocycles. The zero-order chi connectivity index (χ0) is 17.3. The van der Waals surface area contributed by atoms with Crippen LogP contribution >= 0.6 is 23.2 Å². The Morgan fingerprint density at radius 3 is 2.43 bits per heavy atom. The second-order valence-corrected chi connectivity index (χ2v) is 6.52. The van der Waals surface area contributed by atoms with Crippen LogP contribution in [-0.2, 0) is 4.79 Å². The van der Waals surface area contributed by atoms with Crippen LogP contribution in [0.4, 0.5) is 0 Å². The van der Waals surface area contributed by atoms with Crippen molar-refractivity contribution in [3.05, 3.63) is 61.8 Å². The summed E-state index contributed by atoms with van der Waals surface area (Å²) in [6, 6.07) is 3.98. The number of hydrogen-bond donors (Lipinski definition) is 2. The van der Waals surface area contributed by atoms with E-state index < -0.39 is 5.97 Å². The van der Waals surface area contributed by atoms with Crippen LogP contribution in [0, 0.1) is 13.8 Å². The Morgan fingerprint density at radius 1 is 1.17 bits per heavy atom. The van der Waals surface area contributed by atoms with Crippen molar-refractivity contribution >= 4 is 34.7 Å². The minimum atomic E-state index is -1.03. The molecule has 0 heterocycles. The van der Waals surface area contributed by atoms with Gasteiger partial charge in [0.05, 0.1) is 16.3 Å². The lowest BCUT2D eigenvalue weighted by Crippen LogP contribution is -2.10. The summed E-state index contributed by atoms with van der Waals surface area (Å²) >= 11 is 12.5. The largest absolute Gasteiger partial charge is 0.478 e. The molecule has 0 fully saturated rings. The number of rotatable bonds is 2. The molecule has 0 aromatic heterocycles. The summed E-state index contributed by atoms with van der Waals surface area (Å²) in [6.07, 6.45) is 2.69. The van der Waals surface area contributed by atoms with Crippen molar-refractivity contribution in [3.8, 4) is 0 Å². The summed E-state index contributed by atoms with van der Waals surface area (Å²) in [5, 5.41) is 10.1. The molecule has 1 aromatic rings. The normalized spacial score (nSPS) is 16.1. The van der Waals surface area contributed by atoms with Crippen molar-refractivity contribution in [2.75, 3.05) is 0 Å². The Labute approximate surface area is 146 Å². The SMILES string of the molecule is CC1=C(c2ccc(C)c(Cl)c2C)C=C(N)C(Cl)=C(C(=O)O)CC1. The zero-order valence-electron chi connectivity index (χ0n) is 13.3. The van der Waals surface area contributed by atoms with Crippen molar-refractivity contribution in [3.63, 3.8) is 0 Å². The molecule has 3 nitrogen and oxygen atoms in total. The third-order valence-electron chi connectivity index (χ3n) is 4.16. The third kappa shape index (κ3) is 3.46. The summed E-state index contributed by atoms with van der Waals surface area (Å²) in [6.45, 7) is 5.90. The number of hydrogen-bond acceptors (Lipinski definition) is 2. The molecule has 0 saturated carbocycles. The van der Waals surface area contributed by atoms with Gasteiger partial charge in [-0.2, -0.15) is 0 Å². The van der Waals surface area contributed by atoms with E-state index in [9.17, 15) is 9.90 Å². The van der Waals surface area contributed by atoms with E-state index in [-0.39, 0.29) is 16.3 Å². The predicted molar refractivity (Wildman–Crippen MR) is 95.5 cm³/mol. The Morgan fingerprint density at radius 2 is 1.83 bits per heavy atom. The first-order valence-electron chi connectivity index (χ1n) is 7.29. The van der Waals surface area contributed by atoms with Crippen molar-refractivity contribution in [1.29, 1.82) is 0 Å². The molecular formula is C18H19Cl2NO2. The summed E-state index contributed by atoms with van der Waals surface area (Å²) in [4.78, 5) is 11.3. The number of aryl methyl sites for hydroxylation is 1. The van der Waals surface area contributed by atoms with Crippen LogP contribution < -0.4 is 5.73 Å². The van der Waals surface area contributed by atoms with Gasteiger partial charge in [-0.05, 0) is 62.0 Å². The first-order chi connectivity index (χ1) is 10.7. The molecule has 1 aromatic carbocycles. The van der Waals surface area contributed by atoms with Crippen LogP contribution in [0.5, 0.6) is 0 Å². The highest BCUT2D eigenvalue weighted by Gasteiger charge is 2.20. The van der Waals surface area contributed by atoms with Gasteiger partial charge in [-0.15, -0.1) is 0 Å². The second kappa shape index (κ2) is 6.81.